The zero-order valence-corrected chi connectivity index (χ0v) is 11.4. The highest BCUT2D eigenvalue weighted by Crippen LogP contribution is 2.35. The number of hydrogen-bond acceptors (Lipinski definition) is 5. The lowest BCUT2D eigenvalue weighted by Gasteiger charge is -2.17. The maximum atomic E-state index is 10.9. The summed E-state index contributed by atoms with van der Waals surface area (Å²) in [6.45, 7) is 6.36. The molecular formula is C8H18ClNO2S2. The number of carbonyl (C=O) groups is 1. The molecule has 0 fully saturated rings. The molecule has 0 saturated heterocycles. The highest BCUT2D eigenvalue weighted by molar-refractivity contribution is 8.77. The topological polar surface area (TPSA) is 52.3 Å². The Kier molecular flexibility index (Phi) is 9.23. The van der Waals surface area contributed by atoms with Crippen LogP contribution in [0.1, 0.15) is 20.8 Å². The Hall–Kier alpha value is 0.420. The summed E-state index contributed by atoms with van der Waals surface area (Å²) in [5.41, 5.74) is 5.55. The van der Waals surface area contributed by atoms with E-state index in [1.807, 2.05) is 0 Å². The quantitative estimate of drug-likeness (QED) is 0.619. The molecule has 0 aliphatic carbocycles. The zero-order chi connectivity index (χ0) is 10.5. The molecule has 86 valence electrons. The summed E-state index contributed by atoms with van der Waals surface area (Å²) in [5, 5.41) is 0. The Morgan fingerprint density at radius 1 is 1.50 bits per heavy atom. The minimum absolute atomic E-state index is 0. The monoisotopic (exact) mass is 259 g/mol. The van der Waals surface area contributed by atoms with Gasteiger partial charge in [0.15, 0.2) is 0 Å². The Labute approximate surface area is 99.7 Å². The zero-order valence-electron chi connectivity index (χ0n) is 8.90. The van der Waals surface area contributed by atoms with Gasteiger partial charge in [-0.3, -0.25) is 4.79 Å². The molecule has 0 aromatic rings. The summed E-state index contributed by atoms with van der Waals surface area (Å²) in [6, 6.07) is -0.509. The summed E-state index contributed by atoms with van der Waals surface area (Å²) in [7, 11) is 4.67. The number of nitrogens with two attached hydrogens (primary N) is 1. The van der Waals surface area contributed by atoms with Gasteiger partial charge < -0.3 is 10.5 Å². The van der Waals surface area contributed by atoms with Gasteiger partial charge in [0.05, 0.1) is 7.11 Å². The minimum atomic E-state index is -0.509. The van der Waals surface area contributed by atoms with Gasteiger partial charge in [-0.15, -0.1) is 12.4 Å². The SMILES string of the molecule is COC(=O)[C@@H](N)CSSC(C)(C)C.Cl. The summed E-state index contributed by atoms with van der Waals surface area (Å²) >= 11 is 0. The molecule has 0 aromatic heterocycles. The smallest absolute Gasteiger partial charge is 0.323 e. The van der Waals surface area contributed by atoms with Crippen LogP contribution in [0.25, 0.3) is 0 Å². The molecule has 2 N–H and O–H groups in total. The van der Waals surface area contributed by atoms with Crippen LogP contribution in [-0.2, 0) is 9.53 Å². The minimum Gasteiger partial charge on any atom is -0.468 e. The van der Waals surface area contributed by atoms with E-state index in [1.165, 1.54) is 7.11 Å². The van der Waals surface area contributed by atoms with Gasteiger partial charge >= 0.3 is 5.97 Å². The predicted molar refractivity (Wildman–Crippen MR) is 67.0 cm³/mol. The first-order valence-corrected chi connectivity index (χ1v) is 6.33. The van der Waals surface area contributed by atoms with Crippen LogP contribution < -0.4 is 5.73 Å². The Bertz CT molecular complexity index is 173. The average Bonchev–Trinajstić information content (AvgIpc) is 2.00. The molecular weight excluding hydrogens is 242 g/mol. The van der Waals surface area contributed by atoms with Crippen LogP contribution in [0.4, 0.5) is 0 Å². The van der Waals surface area contributed by atoms with Gasteiger partial charge in [-0.2, -0.15) is 0 Å². The van der Waals surface area contributed by atoms with Crippen molar-refractivity contribution in [3.8, 4) is 0 Å². The van der Waals surface area contributed by atoms with E-state index in [9.17, 15) is 4.79 Å². The average molecular weight is 260 g/mol. The van der Waals surface area contributed by atoms with Crippen molar-refractivity contribution in [1.82, 2.24) is 0 Å². The summed E-state index contributed by atoms with van der Waals surface area (Å²) in [6.07, 6.45) is 0. The van der Waals surface area contributed by atoms with Crippen molar-refractivity contribution in [3.05, 3.63) is 0 Å². The van der Waals surface area contributed by atoms with E-state index < -0.39 is 6.04 Å². The first-order chi connectivity index (χ1) is 5.87. The number of carbonyl (C=O) groups excluding carboxylic acids is 1. The normalized spacial score (nSPS) is 12.9. The molecule has 0 unspecified atom stereocenters. The second kappa shape index (κ2) is 7.68. The molecule has 0 heterocycles. The fourth-order valence-electron chi connectivity index (χ4n) is 0.504. The van der Waals surface area contributed by atoms with Crippen molar-refractivity contribution in [1.29, 1.82) is 0 Å². The molecule has 0 amide bonds. The predicted octanol–water partition coefficient (Wildman–Crippen LogP) is 2.09. The number of ether oxygens (including phenoxy) is 1. The largest absolute Gasteiger partial charge is 0.468 e. The first-order valence-electron chi connectivity index (χ1n) is 4.01. The Morgan fingerprint density at radius 2 is 2.00 bits per heavy atom. The lowest BCUT2D eigenvalue weighted by molar-refractivity contribution is -0.141. The molecule has 0 aromatic carbocycles. The Balaban J connectivity index is 0. The van der Waals surface area contributed by atoms with Gasteiger partial charge in [0.2, 0.25) is 0 Å². The third kappa shape index (κ3) is 8.99. The van der Waals surface area contributed by atoms with E-state index in [4.69, 9.17) is 5.73 Å². The van der Waals surface area contributed by atoms with E-state index in [2.05, 4.69) is 25.5 Å². The molecule has 14 heavy (non-hydrogen) atoms. The molecule has 0 spiro atoms. The fraction of sp³-hybridized carbons (Fsp3) is 0.875. The van der Waals surface area contributed by atoms with Gasteiger partial charge in [-0.1, -0.05) is 42.4 Å². The highest BCUT2D eigenvalue weighted by atomic mass is 35.5. The number of rotatable bonds is 4. The highest BCUT2D eigenvalue weighted by Gasteiger charge is 2.16. The lowest BCUT2D eigenvalue weighted by Crippen LogP contribution is -2.33. The Morgan fingerprint density at radius 3 is 2.36 bits per heavy atom. The van der Waals surface area contributed by atoms with Crippen LogP contribution in [0.15, 0.2) is 0 Å². The lowest BCUT2D eigenvalue weighted by atomic mass is 10.3. The van der Waals surface area contributed by atoms with Crippen LogP contribution in [0, 0.1) is 0 Å². The maximum Gasteiger partial charge on any atom is 0.323 e. The van der Waals surface area contributed by atoms with Gasteiger partial charge in [-0.05, 0) is 0 Å². The molecule has 1 atom stereocenters. The molecule has 3 nitrogen and oxygen atoms in total. The third-order valence-electron chi connectivity index (χ3n) is 1.06. The van der Waals surface area contributed by atoms with E-state index in [0.717, 1.165) is 0 Å². The molecule has 6 heteroatoms. The summed E-state index contributed by atoms with van der Waals surface area (Å²) in [4.78, 5) is 10.9. The number of esters is 1. The van der Waals surface area contributed by atoms with Gasteiger partial charge in [-0.25, -0.2) is 0 Å². The molecule has 0 saturated carbocycles. The van der Waals surface area contributed by atoms with Gasteiger partial charge in [0, 0.05) is 10.5 Å². The van der Waals surface area contributed by atoms with E-state index >= 15 is 0 Å². The molecule has 0 bridgehead atoms. The number of halogens is 1. The van der Waals surface area contributed by atoms with Crippen molar-refractivity contribution in [2.75, 3.05) is 12.9 Å². The fourth-order valence-corrected chi connectivity index (χ4v) is 2.91. The second-order valence-electron chi connectivity index (χ2n) is 3.61. The maximum absolute atomic E-state index is 10.9. The standard InChI is InChI=1S/C8H17NO2S2.ClH/c1-8(2,3)13-12-5-6(9)7(10)11-4;/h6H,5,9H2,1-4H3;1H/t6-;/m0./s1. The molecule has 0 radical (unpaired) electrons. The first kappa shape index (κ1) is 16.8. The second-order valence-corrected chi connectivity index (χ2v) is 6.78. The van der Waals surface area contributed by atoms with E-state index in [0.29, 0.717) is 5.75 Å². The summed E-state index contributed by atoms with van der Waals surface area (Å²) < 4.78 is 4.70. The van der Waals surface area contributed by atoms with Gasteiger partial charge in [0.25, 0.3) is 0 Å². The summed E-state index contributed by atoms with van der Waals surface area (Å²) in [5.74, 6) is 0.247. The molecule has 0 rings (SSSR count). The molecule has 0 aliphatic rings. The van der Waals surface area contributed by atoms with Crippen LogP contribution in [0.3, 0.4) is 0 Å². The van der Waals surface area contributed by atoms with E-state index in [-0.39, 0.29) is 23.1 Å². The number of methoxy groups -OCH3 is 1. The van der Waals surface area contributed by atoms with Crippen molar-refractivity contribution >= 4 is 40.0 Å². The molecule has 0 aliphatic heterocycles. The third-order valence-corrected chi connectivity index (χ3v) is 4.44. The van der Waals surface area contributed by atoms with Crippen molar-refractivity contribution in [3.63, 3.8) is 0 Å². The van der Waals surface area contributed by atoms with E-state index in [1.54, 1.807) is 21.6 Å². The number of hydrogen-bond donors (Lipinski definition) is 1. The van der Waals surface area contributed by atoms with Crippen molar-refractivity contribution in [2.45, 2.75) is 31.6 Å². The van der Waals surface area contributed by atoms with Crippen LogP contribution in [0.2, 0.25) is 0 Å². The van der Waals surface area contributed by atoms with Crippen LogP contribution in [0.5, 0.6) is 0 Å². The van der Waals surface area contributed by atoms with Crippen molar-refractivity contribution < 1.29 is 9.53 Å². The van der Waals surface area contributed by atoms with Crippen LogP contribution >= 0.6 is 34.0 Å². The van der Waals surface area contributed by atoms with Crippen LogP contribution in [-0.4, -0.2) is 29.6 Å². The van der Waals surface area contributed by atoms with Gasteiger partial charge in [0.1, 0.15) is 6.04 Å². The van der Waals surface area contributed by atoms with Crippen molar-refractivity contribution in [2.24, 2.45) is 5.73 Å².